The number of anilines is 1. The zero-order valence-corrected chi connectivity index (χ0v) is 18.1. The Balaban J connectivity index is 1.53. The lowest BCUT2D eigenvalue weighted by atomic mass is 9.92. The molecule has 31 heavy (non-hydrogen) atoms. The average Bonchev–Trinajstić information content (AvgIpc) is 3.26. The molecule has 0 aromatic heterocycles. The first-order chi connectivity index (χ1) is 15.0. The van der Waals surface area contributed by atoms with Crippen molar-refractivity contribution in [2.75, 3.05) is 5.01 Å². The number of para-hydroxylation sites is 1. The van der Waals surface area contributed by atoms with E-state index in [1.54, 1.807) is 6.92 Å². The van der Waals surface area contributed by atoms with Gasteiger partial charge in [0.05, 0.1) is 11.6 Å². The van der Waals surface area contributed by atoms with Gasteiger partial charge in [0.25, 0.3) is 11.8 Å². The monoisotopic (exact) mass is 419 g/mol. The fraction of sp³-hybridized carbons (Fsp3) is 0.400. The van der Waals surface area contributed by atoms with Crippen molar-refractivity contribution in [1.82, 2.24) is 10.7 Å². The van der Waals surface area contributed by atoms with Gasteiger partial charge < -0.3 is 5.32 Å². The molecule has 162 valence electrons. The maximum atomic E-state index is 13.3. The number of nitrogens with one attached hydrogen (secondary N) is 2. The van der Waals surface area contributed by atoms with Gasteiger partial charge in [-0.1, -0.05) is 55.3 Å². The first kappa shape index (κ1) is 21.1. The van der Waals surface area contributed by atoms with Crippen molar-refractivity contribution in [2.45, 2.75) is 57.9 Å². The Kier molecular flexibility index (Phi) is 6.07. The second-order valence-corrected chi connectivity index (χ2v) is 8.62. The Morgan fingerprint density at radius 2 is 1.68 bits per heavy atom. The van der Waals surface area contributed by atoms with Gasteiger partial charge in [0.15, 0.2) is 0 Å². The number of carbonyl (C=O) groups is 3. The van der Waals surface area contributed by atoms with Gasteiger partial charge in [0, 0.05) is 12.0 Å². The molecule has 6 heteroatoms. The molecule has 1 saturated carbocycles. The number of hydrogen-bond acceptors (Lipinski definition) is 3. The Labute approximate surface area is 183 Å². The average molecular weight is 420 g/mol. The Morgan fingerprint density at radius 1 is 1.03 bits per heavy atom. The molecule has 1 unspecified atom stereocenters. The van der Waals surface area contributed by atoms with Gasteiger partial charge in [0.2, 0.25) is 5.91 Å². The van der Waals surface area contributed by atoms with E-state index in [0.717, 1.165) is 29.5 Å². The van der Waals surface area contributed by atoms with E-state index in [2.05, 4.69) is 10.7 Å². The van der Waals surface area contributed by atoms with Gasteiger partial charge in [0.1, 0.15) is 6.04 Å². The van der Waals surface area contributed by atoms with E-state index in [1.807, 2.05) is 55.5 Å². The normalized spacial score (nSPS) is 19.2. The summed E-state index contributed by atoms with van der Waals surface area (Å²) in [6, 6.07) is 14.6. The SMILES string of the molecule is CC1C(=O)N(NC(=O)[C@H](C)NC(=O)CC2CCCC2)c2ccccc2-c2ccccc21. The Morgan fingerprint density at radius 3 is 2.42 bits per heavy atom. The minimum atomic E-state index is -0.741. The van der Waals surface area contributed by atoms with Crippen LogP contribution in [0.15, 0.2) is 48.5 Å². The highest BCUT2D eigenvalue weighted by Gasteiger charge is 2.33. The lowest BCUT2D eigenvalue weighted by Crippen LogP contribution is -2.54. The molecule has 1 aliphatic carbocycles. The summed E-state index contributed by atoms with van der Waals surface area (Å²) in [7, 11) is 0. The van der Waals surface area contributed by atoms with Gasteiger partial charge >= 0.3 is 0 Å². The van der Waals surface area contributed by atoms with E-state index in [1.165, 1.54) is 17.9 Å². The second kappa shape index (κ2) is 8.92. The maximum absolute atomic E-state index is 13.3. The highest BCUT2D eigenvalue weighted by atomic mass is 16.2. The molecule has 2 aromatic rings. The van der Waals surface area contributed by atoms with E-state index in [-0.39, 0.29) is 11.8 Å². The van der Waals surface area contributed by atoms with E-state index in [0.29, 0.717) is 18.0 Å². The van der Waals surface area contributed by atoms with Crippen molar-refractivity contribution in [3.8, 4) is 11.1 Å². The number of rotatable bonds is 5. The first-order valence-corrected chi connectivity index (χ1v) is 11.1. The minimum Gasteiger partial charge on any atom is -0.345 e. The van der Waals surface area contributed by atoms with Crippen molar-refractivity contribution >= 4 is 23.4 Å². The van der Waals surface area contributed by atoms with Crippen molar-refractivity contribution in [3.63, 3.8) is 0 Å². The third-order valence-corrected chi connectivity index (χ3v) is 6.39. The summed E-state index contributed by atoms with van der Waals surface area (Å²) >= 11 is 0. The summed E-state index contributed by atoms with van der Waals surface area (Å²) in [5.74, 6) is -0.751. The molecule has 0 bridgehead atoms. The maximum Gasteiger partial charge on any atom is 0.261 e. The van der Waals surface area contributed by atoms with Gasteiger partial charge in [-0.25, -0.2) is 5.01 Å². The molecule has 2 atom stereocenters. The van der Waals surface area contributed by atoms with Crippen LogP contribution < -0.4 is 15.8 Å². The molecular weight excluding hydrogens is 390 g/mol. The predicted octanol–water partition coefficient (Wildman–Crippen LogP) is 3.92. The molecule has 2 aliphatic rings. The van der Waals surface area contributed by atoms with Crippen LogP contribution in [0.2, 0.25) is 0 Å². The molecule has 0 radical (unpaired) electrons. The minimum absolute atomic E-state index is 0.113. The van der Waals surface area contributed by atoms with Gasteiger partial charge in [-0.2, -0.15) is 0 Å². The molecule has 0 saturated heterocycles. The second-order valence-electron chi connectivity index (χ2n) is 8.62. The zero-order chi connectivity index (χ0) is 22.0. The summed E-state index contributed by atoms with van der Waals surface area (Å²) in [6.45, 7) is 3.49. The van der Waals surface area contributed by atoms with Crippen LogP contribution >= 0.6 is 0 Å². The number of fused-ring (bicyclic) bond motifs is 3. The summed E-state index contributed by atoms with van der Waals surface area (Å²) in [4.78, 5) is 38.6. The van der Waals surface area contributed by atoms with Crippen molar-refractivity contribution < 1.29 is 14.4 Å². The summed E-state index contributed by atoms with van der Waals surface area (Å²) in [5.41, 5.74) is 6.18. The Bertz CT molecular complexity index is 997. The smallest absolute Gasteiger partial charge is 0.261 e. The number of hydrogen-bond donors (Lipinski definition) is 2. The molecule has 6 nitrogen and oxygen atoms in total. The van der Waals surface area contributed by atoms with Crippen LogP contribution in [0.25, 0.3) is 11.1 Å². The lowest BCUT2D eigenvalue weighted by molar-refractivity contribution is -0.130. The molecule has 4 rings (SSSR count). The van der Waals surface area contributed by atoms with Crippen LogP contribution in [-0.2, 0) is 14.4 Å². The summed E-state index contributed by atoms with van der Waals surface area (Å²) < 4.78 is 0. The van der Waals surface area contributed by atoms with E-state index >= 15 is 0 Å². The van der Waals surface area contributed by atoms with Crippen LogP contribution in [0.3, 0.4) is 0 Å². The lowest BCUT2D eigenvalue weighted by Gasteiger charge is -2.27. The van der Waals surface area contributed by atoms with Crippen molar-refractivity contribution in [1.29, 1.82) is 0 Å². The fourth-order valence-electron chi connectivity index (χ4n) is 4.63. The summed E-state index contributed by atoms with van der Waals surface area (Å²) in [6.07, 6.45) is 4.95. The topological polar surface area (TPSA) is 78.5 Å². The summed E-state index contributed by atoms with van der Waals surface area (Å²) in [5, 5.41) is 4.13. The van der Waals surface area contributed by atoms with Crippen LogP contribution in [0, 0.1) is 5.92 Å². The highest BCUT2D eigenvalue weighted by molar-refractivity contribution is 6.06. The van der Waals surface area contributed by atoms with Crippen LogP contribution in [0.1, 0.15) is 57.4 Å². The van der Waals surface area contributed by atoms with Gasteiger partial charge in [-0.3, -0.25) is 19.8 Å². The third-order valence-electron chi connectivity index (χ3n) is 6.39. The largest absolute Gasteiger partial charge is 0.345 e. The van der Waals surface area contributed by atoms with Gasteiger partial charge in [-0.15, -0.1) is 0 Å². The highest BCUT2D eigenvalue weighted by Crippen LogP contribution is 2.40. The number of carbonyl (C=O) groups excluding carboxylic acids is 3. The molecule has 3 amide bonds. The molecule has 2 aromatic carbocycles. The molecule has 1 aliphatic heterocycles. The van der Waals surface area contributed by atoms with Crippen molar-refractivity contribution in [3.05, 3.63) is 54.1 Å². The fourth-order valence-corrected chi connectivity index (χ4v) is 4.63. The van der Waals surface area contributed by atoms with E-state index < -0.39 is 17.9 Å². The zero-order valence-electron chi connectivity index (χ0n) is 18.1. The predicted molar refractivity (Wildman–Crippen MR) is 120 cm³/mol. The van der Waals surface area contributed by atoms with Crippen LogP contribution in [0.4, 0.5) is 5.69 Å². The third kappa shape index (κ3) is 4.33. The quantitative estimate of drug-likeness (QED) is 0.771. The number of hydrazine groups is 1. The van der Waals surface area contributed by atoms with Gasteiger partial charge in [-0.05, 0) is 49.8 Å². The number of amides is 3. The number of nitrogens with zero attached hydrogens (tertiary/aromatic N) is 1. The van der Waals surface area contributed by atoms with Crippen molar-refractivity contribution in [2.24, 2.45) is 5.92 Å². The first-order valence-electron chi connectivity index (χ1n) is 11.1. The number of benzene rings is 2. The van der Waals surface area contributed by atoms with E-state index in [9.17, 15) is 14.4 Å². The molecule has 2 N–H and O–H groups in total. The molecular formula is C25H29N3O3. The molecule has 1 fully saturated rings. The van der Waals surface area contributed by atoms with Crippen LogP contribution in [0.5, 0.6) is 0 Å². The molecule has 1 heterocycles. The molecule has 0 spiro atoms. The standard InChI is InChI=1S/C25H29N3O3/c1-16-19-11-5-6-12-20(19)21-13-7-8-14-22(21)28(25(16)31)27-24(30)17(2)26-23(29)15-18-9-3-4-10-18/h5-8,11-14,16-18H,3-4,9-10,15H2,1-2H3,(H,26,29)(H,27,30)/t16?,17-/m0/s1. The van der Waals surface area contributed by atoms with Crippen LogP contribution in [-0.4, -0.2) is 23.8 Å². The Hall–Kier alpha value is -3.15. The van der Waals surface area contributed by atoms with E-state index in [4.69, 9.17) is 0 Å².